The first-order valence-electron chi connectivity index (χ1n) is 2.39. The predicted molar refractivity (Wildman–Crippen MR) is 32.9 cm³/mol. The van der Waals surface area contributed by atoms with Crippen molar-refractivity contribution in [3.05, 3.63) is 0 Å². The van der Waals surface area contributed by atoms with Gasteiger partial charge in [0.25, 0.3) is 0 Å². The fourth-order valence-corrected chi connectivity index (χ4v) is 0.303. The maximum atomic E-state index is 8.66. The molecule has 1 nitrogen and oxygen atoms in total. The quantitative estimate of drug-likeness (QED) is 0.507. The first-order valence-corrected chi connectivity index (χ1v) is 2.39. The first kappa shape index (κ1) is 7.08. The number of rotatable bonds is 2. The molecular formula is C7H8O. The van der Waals surface area contributed by atoms with Crippen molar-refractivity contribution in [2.24, 2.45) is 0 Å². The molecule has 0 radical (unpaired) electrons. The Hall–Kier alpha value is -0.920. The minimum Gasteiger partial charge on any atom is -0.380 e. The van der Waals surface area contributed by atoms with Gasteiger partial charge in [0.05, 0.1) is 0 Å². The van der Waals surface area contributed by atoms with Gasteiger partial charge in [-0.25, -0.2) is 0 Å². The van der Waals surface area contributed by atoms with Gasteiger partial charge in [0.1, 0.15) is 6.10 Å². The Balaban J connectivity index is 3.18. The van der Waals surface area contributed by atoms with E-state index < -0.39 is 6.10 Å². The molecule has 0 aliphatic heterocycles. The summed E-state index contributed by atoms with van der Waals surface area (Å²) in [6.07, 6.45) is 10.1. The van der Waals surface area contributed by atoms with E-state index >= 15 is 0 Å². The summed E-state index contributed by atoms with van der Waals surface area (Å²) in [5, 5.41) is 8.66. The topological polar surface area (TPSA) is 20.2 Å². The largest absolute Gasteiger partial charge is 0.380 e. The van der Waals surface area contributed by atoms with Crippen LogP contribution in [0, 0.1) is 24.7 Å². The summed E-state index contributed by atoms with van der Waals surface area (Å²) in [6.45, 7) is 0. The second kappa shape index (κ2) is 4.24. The average molecular weight is 108 g/mol. The maximum absolute atomic E-state index is 8.66. The van der Waals surface area contributed by atoms with E-state index in [1.165, 1.54) is 0 Å². The van der Waals surface area contributed by atoms with Gasteiger partial charge in [-0.15, -0.1) is 18.8 Å². The average Bonchev–Trinajstić information content (AvgIpc) is 1.83. The van der Waals surface area contributed by atoms with E-state index in [9.17, 15) is 0 Å². The molecule has 1 N–H and O–H groups in total. The Bertz CT molecular complexity index is 124. The lowest BCUT2D eigenvalue weighted by Crippen LogP contribution is -2.00. The van der Waals surface area contributed by atoms with Gasteiger partial charge in [0.15, 0.2) is 0 Å². The number of aliphatic hydroxyl groups is 1. The van der Waals surface area contributed by atoms with Crippen molar-refractivity contribution < 1.29 is 5.11 Å². The zero-order valence-electron chi connectivity index (χ0n) is 4.59. The van der Waals surface area contributed by atoms with Crippen LogP contribution < -0.4 is 0 Å². The van der Waals surface area contributed by atoms with Crippen molar-refractivity contribution >= 4 is 0 Å². The second-order valence-corrected chi connectivity index (χ2v) is 1.43. The predicted octanol–water partition coefficient (Wildman–Crippen LogP) is 0.394. The van der Waals surface area contributed by atoms with E-state index in [0.717, 1.165) is 0 Å². The number of aliphatic hydroxyl groups excluding tert-OH is 1. The van der Waals surface area contributed by atoms with Gasteiger partial charge in [0.2, 0.25) is 0 Å². The first-order chi connectivity index (χ1) is 3.81. The van der Waals surface area contributed by atoms with E-state index in [0.29, 0.717) is 12.8 Å². The van der Waals surface area contributed by atoms with Crippen LogP contribution in [0.2, 0.25) is 0 Å². The summed E-state index contributed by atoms with van der Waals surface area (Å²) in [5.74, 6) is 4.54. The highest BCUT2D eigenvalue weighted by Crippen LogP contribution is 1.91. The summed E-state index contributed by atoms with van der Waals surface area (Å²) >= 11 is 0. The van der Waals surface area contributed by atoms with Gasteiger partial charge in [-0.1, -0.05) is 5.92 Å². The second-order valence-electron chi connectivity index (χ2n) is 1.43. The molecule has 0 fully saturated rings. The fourth-order valence-electron chi connectivity index (χ4n) is 0.303. The summed E-state index contributed by atoms with van der Waals surface area (Å²) in [5.41, 5.74) is 0. The third kappa shape index (κ3) is 3.28. The van der Waals surface area contributed by atoms with Crippen LogP contribution >= 0.6 is 0 Å². The zero-order valence-corrected chi connectivity index (χ0v) is 4.59. The van der Waals surface area contributed by atoms with Crippen molar-refractivity contribution in [2.75, 3.05) is 0 Å². The van der Waals surface area contributed by atoms with Gasteiger partial charge in [-0.05, 0) is 6.42 Å². The molecule has 0 rings (SSSR count). The number of hydrogen-bond acceptors (Lipinski definition) is 1. The highest BCUT2D eigenvalue weighted by atomic mass is 16.3. The van der Waals surface area contributed by atoms with Crippen LogP contribution in [0.3, 0.4) is 0 Å². The van der Waals surface area contributed by atoms with E-state index in [-0.39, 0.29) is 0 Å². The number of terminal acetylenes is 2. The highest BCUT2D eigenvalue weighted by Gasteiger charge is 1.93. The van der Waals surface area contributed by atoms with Crippen LogP contribution in [0.1, 0.15) is 12.8 Å². The molecular weight excluding hydrogens is 100 g/mol. The molecule has 0 aliphatic carbocycles. The van der Waals surface area contributed by atoms with Crippen LogP contribution in [-0.4, -0.2) is 11.2 Å². The smallest absolute Gasteiger partial charge is 0.115 e. The monoisotopic (exact) mass is 108 g/mol. The standard InChI is InChI=1S/C7H8O/c1-3-5-6-7(8)4-2/h1-2,7-8H,5-6H2. The molecule has 0 aliphatic rings. The Morgan fingerprint density at radius 1 is 1.50 bits per heavy atom. The normalized spacial score (nSPS) is 11.4. The highest BCUT2D eigenvalue weighted by molar-refractivity contribution is 4.96. The van der Waals surface area contributed by atoms with Crippen LogP contribution in [0.5, 0.6) is 0 Å². The van der Waals surface area contributed by atoms with Crippen LogP contribution in [0.15, 0.2) is 0 Å². The lowest BCUT2D eigenvalue weighted by atomic mass is 10.2. The summed E-state index contributed by atoms with van der Waals surface area (Å²) < 4.78 is 0. The lowest BCUT2D eigenvalue weighted by Gasteiger charge is -1.95. The molecule has 1 atom stereocenters. The van der Waals surface area contributed by atoms with E-state index in [4.69, 9.17) is 18.0 Å². The maximum Gasteiger partial charge on any atom is 0.115 e. The van der Waals surface area contributed by atoms with Crippen molar-refractivity contribution in [3.8, 4) is 24.7 Å². The van der Waals surface area contributed by atoms with E-state index in [1.807, 2.05) is 0 Å². The molecule has 0 aromatic rings. The molecule has 0 heterocycles. The van der Waals surface area contributed by atoms with Crippen LogP contribution in [0.4, 0.5) is 0 Å². The molecule has 1 unspecified atom stereocenters. The summed E-state index contributed by atoms with van der Waals surface area (Å²) in [4.78, 5) is 0. The minimum atomic E-state index is -0.661. The molecule has 0 saturated carbocycles. The summed E-state index contributed by atoms with van der Waals surface area (Å²) in [6, 6.07) is 0. The molecule has 0 bridgehead atoms. The van der Waals surface area contributed by atoms with Gasteiger partial charge in [-0.3, -0.25) is 0 Å². The van der Waals surface area contributed by atoms with Crippen molar-refractivity contribution in [1.82, 2.24) is 0 Å². The van der Waals surface area contributed by atoms with E-state index in [1.54, 1.807) is 0 Å². The van der Waals surface area contributed by atoms with Crippen LogP contribution in [0.25, 0.3) is 0 Å². The van der Waals surface area contributed by atoms with Crippen molar-refractivity contribution in [3.63, 3.8) is 0 Å². The molecule has 0 aromatic carbocycles. The van der Waals surface area contributed by atoms with E-state index in [2.05, 4.69) is 11.8 Å². The lowest BCUT2D eigenvalue weighted by molar-refractivity contribution is 0.224. The van der Waals surface area contributed by atoms with Gasteiger partial charge in [0, 0.05) is 6.42 Å². The zero-order chi connectivity index (χ0) is 6.41. The Morgan fingerprint density at radius 3 is 2.50 bits per heavy atom. The van der Waals surface area contributed by atoms with Gasteiger partial charge in [-0.2, -0.15) is 0 Å². The molecule has 1 heteroatoms. The Labute approximate surface area is 49.7 Å². The molecule has 0 saturated heterocycles. The minimum absolute atomic E-state index is 0.507. The van der Waals surface area contributed by atoms with Crippen LogP contribution in [-0.2, 0) is 0 Å². The molecule has 42 valence electrons. The Morgan fingerprint density at radius 2 is 2.12 bits per heavy atom. The molecule has 8 heavy (non-hydrogen) atoms. The SMILES string of the molecule is C#CCCC(O)C#C. The third-order valence-electron chi connectivity index (χ3n) is 0.754. The molecule has 0 aromatic heterocycles. The number of hydrogen-bond donors (Lipinski definition) is 1. The summed E-state index contributed by atoms with van der Waals surface area (Å²) in [7, 11) is 0. The molecule has 0 spiro atoms. The molecule has 0 amide bonds. The van der Waals surface area contributed by atoms with Crippen molar-refractivity contribution in [1.29, 1.82) is 0 Å². The van der Waals surface area contributed by atoms with Gasteiger partial charge < -0.3 is 5.11 Å². The third-order valence-corrected chi connectivity index (χ3v) is 0.754. The van der Waals surface area contributed by atoms with Gasteiger partial charge >= 0.3 is 0 Å². The Kier molecular flexibility index (Phi) is 3.76. The fraction of sp³-hybridized carbons (Fsp3) is 0.429. The van der Waals surface area contributed by atoms with Crippen molar-refractivity contribution in [2.45, 2.75) is 18.9 Å².